The molecule has 0 amide bonds. The van der Waals surface area contributed by atoms with E-state index >= 15 is 0 Å². The second-order valence-electron chi connectivity index (χ2n) is 4.10. The molecule has 0 spiro atoms. The predicted molar refractivity (Wildman–Crippen MR) is 48.8 cm³/mol. The lowest BCUT2D eigenvalue weighted by molar-refractivity contribution is -0.769. The molecule has 8 nitrogen and oxygen atoms in total. The van der Waals surface area contributed by atoms with Crippen LogP contribution in [0.5, 0.6) is 0 Å². The molecule has 0 aromatic carbocycles. The van der Waals surface area contributed by atoms with Crippen LogP contribution >= 0.6 is 0 Å². The summed E-state index contributed by atoms with van der Waals surface area (Å²) in [4.78, 5) is 28.3. The lowest BCUT2D eigenvalue weighted by Crippen LogP contribution is -2.31. The first kappa shape index (κ1) is 13.4. The molecule has 0 aliphatic heterocycles. The number of nitrogens with zero attached hydrogens (tertiary/aromatic N) is 2. The van der Waals surface area contributed by atoms with Gasteiger partial charge in [-0.15, -0.1) is 20.2 Å². The fourth-order valence-corrected chi connectivity index (χ4v) is 0.850. The van der Waals surface area contributed by atoms with E-state index in [1.807, 2.05) is 0 Å². The van der Waals surface area contributed by atoms with Gasteiger partial charge in [-0.05, 0) is 5.41 Å². The topological polar surface area (TPSA) is 105 Å². The third kappa shape index (κ3) is 6.47. The molecular formula is C7H14N2O6. The van der Waals surface area contributed by atoms with Crippen molar-refractivity contribution in [2.75, 3.05) is 13.2 Å². The molecule has 0 aromatic rings. The Kier molecular flexibility index (Phi) is 4.75. The highest BCUT2D eigenvalue weighted by Crippen LogP contribution is 2.26. The molecule has 0 fully saturated rings. The average Bonchev–Trinajstić information content (AvgIpc) is 2.00. The molecule has 0 aliphatic carbocycles. The molecular weight excluding hydrogens is 208 g/mol. The van der Waals surface area contributed by atoms with Crippen LogP contribution in [-0.4, -0.2) is 23.4 Å². The molecule has 15 heavy (non-hydrogen) atoms. The molecule has 0 unspecified atom stereocenters. The zero-order valence-corrected chi connectivity index (χ0v) is 8.84. The summed E-state index contributed by atoms with van der Waals surface area (Å²) in [5, 5.41) is 18.1. The van der Waals surface area contributed by atoms with Gasteiger partial charge in [-0.1, -0.05) is 20.8 Å². The highest BCUT2D eigenvalue weighted by Gasteiger charge is 2.27. The normalized spacial score (nSPS) is 11.2. The Balaban J connectivity index is 4.19. The Hall–Kier alpha value is -1.60. The van der Waals surface area contributed by atoms with Crippen LogP contribution in [0.4, 0.5) is 0 Å². The van der Waals surface area contributed by atoms with Gasteiger partial charge in [0, 0.05) is 5.92 Å². The van der Waals surface area contributed by atoms with E-state index in [-0.39, 0.29) is 18.6 Å². The van der Waals surface area contributed by atoms with E-state index in [1.165, 1.54) is 0 Å². The van der Waals surface area contributed by atoms with E-state index in [2.05, 4.69) is 9.68 Å². The highest BCUT2D eigenvalue weighted by atomic mass is 17.0. The maximum atomic E-state index is 9.98. The zero-order valence-electron chi connectivity index (χ0n) is 8.84. The summed E-state index contributed by atoms with van der Waals surface area (Å²) in [6.45, 7) is 4.95. The molecule has 0 rings (SSSR count). The van der Waals surface area contributed by atoms with Gasteiger partial charge in [0.2, 0.25) is 0 Å². The molecule has 0 N–H and O–H groups in total. The van der Waals surface area contributed by atoms with Crippen LogP contribution in [0, 0.1) is 31.6 Å². The molecule has 0 bridgehead atoms. The molecule has 0 atom stereocenters. The van der Waals surface area contributed by atoms with Gasteiger partial charge in [0.15, 0.2) is 0 Å². The Bertz CT molecular complexity index is 218. The maximum Gasteiger partial charge on any atom is 0.294 e. The lowest BCUT2D eigenvalue weighted by atomic mass is 9.82. The predicted octanol–water partition coefficient (Wildman–Crippen LogP) is 1.07. The number of hydrogen-bond acceptors (Lipinski definition) is 6. The van der Waals surface area contributed by atoms with Crippen molar-refractivity contribution >= 4 is 0 Å². The second kappa shape index (κ2) is 5.32. The minimum Gasteiger partial charge on any atom is -0.314 e. The van der Waals surface area contributed by atoms with Gasteiger partial charge in [0.05, 0.1) is 0 Å². The third-order valence-electron chi connectivity index (χ3n) is 1.99. The molecule has 8 heteroatoms. The minimum absolute atomic E-state index is 0.218. The SMILES string of the molecule is CC(C)(C)C(CO[N+](=O)[O-])CO[N+](=O)[O-]. The first-order chi connectivity index (χ1) is 6.73. The summed E-state index contributed by atoms with van der Waals surface area (Å²) in [6.07, 6.45) is 0. The number of rotatable bonds is 6. The lowest BCUT2D eigenvalue weighted by Gasteiger charge is -2.28. The average molecular weight is 222 g/mol. The van der Waals surface area contributed by atoms with Crippen molar-refractivity contribution in [2.24, 2.45) is 11.3 Å². The Morgan fingerprint density at radius 2 is 1.40 bits per heavy atom. The Morgan fingerprint density at radius 1 is 1.07 bits per heavy atom. The summed E-state index contributed by atoms with van der Waals surface area (Å²) >= 11 is 0. The Morgan fingerprint density at radius 3 is 1.60 bits per heavy atom. The highest BCUT2D eigenvalue weighted by molar-refractivity contribution is 4.72. The van der Waals surface area contributed by atoms with Crippen LogP contribution in [0.15, 0.2) is 0 Å². The summed E-state index contributed by atoms with van der Waals surface area (Å²) < 4.78 is 0. The van der Waals surface area contributed by atoms with E-state index in [0.717, 1.165) is 0 Å². The zero-order chi connectivity index (χ0) is 12.1. The van der Waals surface area contributed by atoms with Crippen LogP contribution in [0.1, 0.15) is 20.8 Å². The summed E-state index contributed by atoms with van der Waals surface area (Å²) in [5.41, 5.74) is -0.369. The van der Waals surface area contributed by atoms with Gasteiger partial charge in [0.1, 0.15) is 13.2 Å². The van der Waals surface area contributed by atoms with Crippen molar-refractivity contribution in [3.05, 3.63) is 20.2 Å². The fraction of sp³-hybridized carbons (Fsp3) is 1.00. The largest absolute Gasteiger partial charge is 0.314 e. The fourth-order valence-electron chi connectivity index (χ4n) is 0.850. The summed E-state index contributed by atoms with van der Waals surface area (Å²) in [5.74, 6) is -0.423. The van der Waals surface area contributed by atoms with Crippen LogP contribution in [0.3, 0.4) is 0 Å². The van der Waals surface area contributed by atoms with Crippen molar-refractivity contribution in [1.82, 2.24) is 0 Å². The maximum absolute atomic E-state index is 9.98. The van der Waals surface area contributed by atoms with Gasteiger partial charge in [-0.2, -0.15) is 0 Å². The summed E-state index contributed by atoms with van der Waals surface area (Å²) in [6, 6.07) is 0. The van der Waals surface area contributed by atoms with E-state index < -0.39 is 16.1 Å². The van der Waals surface area contributed by atoms with Gasteiger partial charge < -0.3 is 9.68 Å². The third-order valence-corrected chi connectivity index (χ3v) is 1.99. The molecule has 88 valence electrons. The van der Waals surface area contributed by atoms with Gasteiger partial charge in [-0.3, -0.25) is 0 Å². The van der Waals surface area contributed by atoms with Crippen LogP contribution < -0.4 is 0 Å². The van der Waals surface area contributed by atoms with Crippen molar-refractivity contribution in [3.8, 4) is 0 Å². The minimum atomic E-state index is -0.926. The van der Waals surface area contributed by atoms with Crippen LogP contribution in [0.25, 0.3) is 0 Å². The molecule has 0 aliphatic rings. The quantitative estimate of drug-likeness (QED) is 0.491. The molecule has 0 heterocycles. The summed E-state index contributed by atoms with van der Waals surface area (Å²) in [7, 11) is 0. The van der Waals surface area contributed by atoms with Crippen LogP contribution in [-0.2, 0) is 9.68 Å². The van der Waals surface area contributed by atoms with Crippen molar-refractivity contribution in [2.45, 2.75) is 20.8 Å². The van der Waals surface area contributed by atoms with Crippen molar-refractivity contribution < 1.29 is 19.8 Å². The van der Waals surface area contributed by atoms with Crippen LogP contribution in [0.2, 0.25) is 0 Å². The van der Waals surface area contributed by atoms with E-state index in [1.54, 1.807) is 20.8 Å². The molecule has 0 saturated heterocycles. The van der Waals surface area contributed by atoms with Crippen molar-refractivity contribution in [1.29, 1.82) is 0 Å². The van der Waals surface area contributed by atoms with Gasteiger partial charge in [0.25, 0.3) is 10.2 Å². The monoisotopic (exact) mass is 222 g/mol. The molecule has 0 aromatic heterocycles. The second-order valence-corrected chi connectivity index (χ2v) is 4.10. The van der Waals surface area contributed by atoms with E-state index in [9.17, 15) is 20.2 Å². The molecule has 0 saturated carbocycles. The number of hydrogen-bond donors (Lipinski definition) is 0. The smallest absolute Gasteiger partial charge is 0.294 e. The molecule has 0 radical (unpaired) electrons. The van der Waals surface area contributed by atoms with Crippen molar-refractivity contribution in [3.63, 3.8) is 0 Å². The van der Waals surface area contributed by atoms with Gasteiger partial charge >= 0.3 is 0 Å². The van der Waals surface area contributed by atoms with E-state index in [4.69, 9.17) is 0 Å². The standard InChI is InChI=1S/C7H14N2O6/c1-7(2,3)6(4-14-8(10)11)5-15-9(12)13/h6H,4-5H2,1-3H3. The van der Waals surface area contributed by atoms with E-state index in [0.29, 0.717) is 0 Å². The Labute approximate surface area is 86.4 Å². The van der Waals surface area contributed by atoms with Gasteiger partial charge in [-0.25, -0.2) is 0 Å². The first-order valence-electron chi connectivity index (χ1n) is 4.28. The first-order valence-corrected chi connectivity index (χ1v) is 4.28.